The second-order valence-corrected chi connectivity index (χ2v) is 4.34. The molecule has 0 radical (unpaired) electrons. The van der Waals surface area contributed by atoms with Crippen molar-refractivity contribution in [2.24, 2.45) is 7.05 Å². The predicted molar refractivity (Wildman–Crippen MR) is 65.3 cm³/mol. The molecule has 8 heteroatoms. The Balaban J connectivity index is 2.24. The number of anilines is 1. The molecular weight excluding hydrogens is 248 g/mol. The maximum atomic E-state index is 11.6. The Labute approximate surface area is 108 Å². The van der Waals surface area contributed by atoms with Crippen LogP contribution in [0, 0.1) is 0 Å². The minimum atomic E-state index is -0.623. The molecule has 1 aliphatic carbocycles. The minimum absolute atomic E-state index is 0.181. The van der Waals surface area contributed by atoms with Crippen molar-refractivity contribution in [3.63, 3.8) is 0 Å². The lowest BCUT2D eigenvalue weighted by Gasteiger charge is -2.16. The molecule has 0 spiro atoms. The van der Waals surface area contributed by atoms with Gasteiger partial charge in [0.25, 0.3) is 5.91 Å². The smallest absolute Gasteiger partial charge is 0.295 e. The Hall–Kier alpha value is -2.48. The summed E-state index contributed by atoms with van der Waals surface area (Å²) >= 11 is 0. The molecule has 0 atom stereocenters. The standard InChI is InChI=1S/C11H12N6O2/c1-17-9-6(8(15-17)10(18)16-19)3-2-5-4-13-11(12)14-7(5)9/h4,19H,2-3H2,1H3,(H,16,18)(H2,12,13,14). The second-order valence-electron chi connectivity index (χ2n) is 4.34. The van der Waals surface area contributed by atoms with Gasteiger partial charge in [-0.25, -0.2) is 15.4 Å². The van der Waals surface area contributed by atoms with E-state index < -0.39 is 5.91 Å². The van der Waals surface area contributed by atoms with Gasteiger partial charge in [-0.05, 0) is 18.4 Å². The third-order valence-electron chi connectivity index (χ3n) is 3.21. The van der Waals surface area contributed by atoms with Crippen molar-refractivity contribution in [3.05, 3.63) is 23.0 Å². The van der Waals surface area contributed by atoms with Crippen molar-refractivity contribution < 1.29 is 10.0 Å². The maximum Gasteiger partial charge on any atom is 0.295 e. The first-order chi connectivity index (χ1) is 9.11. The van der Waals surface area contributed by atoms with Crippen LogP contribution in [-0.2, 0) is 19.9 Å². The van der Waals surface area contributed by atoms with E-state index in [4.69, 9.17) is 10.9 Å². The monoisotopic (exact) mass is 260 g/mol. The van der Waals surface area contributed by atoms with E-state index in [1.807, 2.05) is 0 Å². The number of nitrogen functional groups attached to an aromatic ring is 1. The minimum Gasteiger partial charge on any atom is -0.368 e. The number of aromatic nitrogens is 4. The lowest BCUT2D eigenvalue weighted by atomic mass is 9.93. The van der Waals surface area contributed by atoms with E-state index in [0.717, 1.165) is 16.8 Å². The van der Waals surface area contributed by atoms with Crippen LogP contribution in [0.3, 0.4) is 0 Å². The predicted octanol–water partition coefficient (Wildman–Crippen LogP) is -0.323. The third-order valence-corrected chi connectivity index (χ3v) is 3.21. The number of aryl methyl sites for hydroxylation is 2. The van der Waals surface area contributed by atoms with E-state index in [1.54, 1.807) is 23.4 Å². The van der Waals surface area contributed by atoms with Gasteiger partial charge in [-0.2, -0.15) is 5.10 Å². The molecule has 1 amide bonds. The van der Waals surface area contributed by atoms with E-state index in [-0.39, 0.29) is 11.6 Å². The topological polar surface area (TPSA) is 119 Å². The van der Waals surface area contributed by atoms with Crippen molar-refractivity contribution in [2.45, 2.75) is 12.8 Å². The Morgan fingerprint density at radius 2 is 2.32 bits per heavy atom. The average Bonchev–Trinajstić information content (AvgIpc) is 2.75. The van der Waals surface area contributed by atoms with Crippen LogP contribution < -0.4 is 11.2 Å². The normalized spacial score (nSPS) is 12.7. The summed E-state index contributed by atoms with van der Waals surface area (Å²) in [6.45, 7) is 0. The van der Waals surface area contributed by atoms with Crippen molar-refractivity contribution in [2.75, 3.05) is 5.73 Å². The van der Waals surface area contributed by atoms with E-state index in [0.29, 0.717) is 18.5 Å². The summed E-state index contributed by atoms with van der Waals surface area (Å²) in [4.78, 5) is 19.8. The first-order valence-corrected chi connectivity index (χ1v) is 5.74. The van der Waals surface area contributed by atoms with Gasteiger partial charge >= 0.3 is 0 Å². The molecule has 2 aromatic heterocycles. The fraction of sp³-hybridized carbons (Fsp3) is 0.273. The molecular formula is C11H12N6O2. The van der Waals surface area contributed by atoms with Gasteiger partial charge in [-0.3, -0.25) is 14.7 Å². The number of fused-ring (bicyclic) bond motifs is 3. The summed E-state index contributed by atoms with van der Waals surface area (Å²) in [6, 6.07) is 0. The number of carbonyl (C=O) groups excluding carboxylic acids is 1. The molecule has 0 aromatic carbocycles. The molecule has 0 aliphatic heterocycles. The van der Waals surface area contributed by atoms with E-state index in [9.17, 15) is 4.79 Å². The number of nitrogens with zero attached hydrogens (tertiary/aromatic N) is 4. The lowest BCUT2D eigenvalue weighted by Crippen LogP contribution is -2.21. The van der Waals surface area contributed by atoms with Gasteiger partial charge < -0.3 is 5.73 Å². The van der Waals surface area contributed by atoms with Crippen LogP contribution in [-0.4, -0.2) is 30.9 Å². The van der Waals surface area contributed by atoms with Crippen molar-refractivity contribution in [1.82, 2.24) is 25.2 Å². The summed E-state index contributed by atoms with van der Waals surface area (Å²) in [6.07, 6.45) is 3.05. The highest BCUT2D eigenvalue weighted by Gasteiger charge is 2.28. The highest BCUT2D eigenvalue weighted by Crippen LogP contribution is 2.33. The average molecular weight is 260 g/mol. The first kappa shape index (κ1) is 11.6. The number of carbonyl (C=O) groups is 1. The van der Waals surface area contributed by atoms with Crippen molar-refractivity contribution in [1.29, 1.82) is 0 Å². The van der Waals surface area contributed by atoms with Gasteiger partial charge in [-0.15, -0.1) is 0 Å². The highest BCUT2D eigenvalue weighted by molar-refractivity contribution is 5.95. The molecule has 2 heterocycles. The summed E-state index contributed by atoms with van der Waals surface area (Å²) in [5.74, 6) is -0.441. The van der Waals surface area contributed by atoms with Crippen LogP contribution in [0.5, 0.6) is 0 Å². The fourth-order valence-electron chi connectivity index (χ4n) is 2.40. The Bertz CT molecular complexity index is 678. The molecule has 8 nitrogen and oxygen atoms in total. The Kier molecular flexibility index (Phi) is 2.46. The molecule has 0 fully saturated rings. The number of nitrogens with one attached hydrogen (secondary N) is 1. The molecule has 2 aromatic rings. The van der Waals surface area contributed by atoms with Gasteiger partial charge in [0.15, 0.2) is 5.69 Å². The number of nitrogens with two attached hydrogens (primary N) is 1. The fourth-order valence-corrected chi connectivity index (χ4v) is 2.40. The molecule has 19 heavy (non-hydrogen) atoms. The Morgan fingerprint density at radius 1 is 1.53 bits per heavy atom. The number of hydroxylamine groups is 1. The van der Waals surface area contributed by atoms with Gasteiger partial charge in [0.1, 0.15) is 0 Å². The molecule has 3 rings (SSSR count). The zero-order chi connectivity index (χ0) is 13.6. The Morgan fingerprint density at radius 3 is 3.05 bits per heavy atom. The maximum absolute atomic E-state index is 11.6. The second kappa shape index (κ2) is 4.02. The summed E-state index contributed by atoms with van der Waals surface area (Å²) in [5, 5.41) is 12.9. The third kappa shape index (κ3) is 1.65. The summed E-state index contributed by atoms with van der Waals surface area (Å²) < 4.78 is 1.57. The molecule has 0 unspecified atom stereocenters. The van der Waals surface area contributed by atoms with Gasteiger partial charge in [0.2, 0.25) is 5.95 Å². The van der Waals surface area contributed by atoms with Crippen LogP contribution in [0.2, 0.25) is 0 Å². The van der Waals surface area contributed by atoms with Crippen LogP contribution in [0.4, 0.5) is 5.95 Å². The van der Waals surface area contributed by atoms with Crippen LogP contribution in [0.15, 0.2) is 6.20 Å². The molecule has 0 bridgehead atoms. The summed E-state index contributed by atoms with van der Waals surface area (Å²) in [5.41, 5.74) is 10.6. The van der Waals surface area contributed by atoms with E-state index >= 15 is 0 Å². The molecule has 1 aliphatic rings. The number of rotatable bonds is 1. The van der Waals surface area contributed by atoms with Crippen LogP contribution in [0.1, 0.15) is 21.6 Å². The first-order valence-electron chi connectivity index (χ1n) is 5.74. The van der Waals surface area contributed by atoms with Gasteiger partial charge in [0.05, 0.1) is 11.4 Å². The SMILES string of the molecule is Cn1nc(C(=O)NO)c2c1-c1nc(N)ncc1CC2. The zero-order valence-corrected chi connectivity index (χ0v) is 10.2. The van der Waals surface area contributed by atoms with Crippen LogP contribution in [0.25, 0.3) is 11.4 Å². The molecule has 98 valence electrons. The lowest BCUT2D eigenvalue weighted by molar-refractivity contribution is 0.0699. The number of hydrogen-bond acceptors (Lipinski definition) is 6. The highest BCUT2D eigenvalue weighted by atomic mass is 16.5. The number of amides is 1. The van der Waals surface area contributed by atoms with Crippen molar-refractivity contribution >= 4 is 11.9 Å². The van der Waals surface area contributed by atoms with Gasteiger partial charge in [0, 0.05) is 18.8 Å². The number of hydrogen-bond donors (Lipinski definition) is 3. The van der Waals surface area contributed by atoms with E-state index in [2.05, 4.69) is 15.1 Å². The summed E-state index contributed by atoms with van der Waals surface area (Å²) in [7, 11) is 1.72. The van der Waals surface area contributed by atoms with E-state index in [1.165, 1.54) is 0 Å². The van der Waals surface area contributed by atoms with Crippen LogP contribution >= 0.6 is 0 Å². The largest absolute Gasteiger partial charge is 0.368 e. The van der Waals surface area contributed by atoms with Crippen molar-refractivity contribution in [3.8, 4) is 11.4 Å². The molecule has 4 N–H and O–H groups in total. The quantitative estimate of drug-likeness (QED) is 0.477. The molecule has 0 saturated carbocycles. The zero-order valence-electron chi connectivity index (χ0n) is 10.2. The van der Waals surface area contributed by atoms with Gasteiger partial charge in [-0.1, -0.05) is 0 Å². The molecule has 0 saturated heterocycles.